The Labute approximate surface area is 149 Å². The molecular formula is C16H25Cl2N3O2. The van der Waals surface area contributed by atoms with Gasteiger partial charge in [-0.25, -0.2) is 0 Å². The second-order valence-corrected chi connectivity index (χ2v) is 6.13. The molecule has 0 aliphatic carbocycles. The van der Waals surface area contributed by atoms with Crippen LogP contribution in [0.25, 0.3) is 0 Å². The number of amides is 1. The SMILES string of the molecule is Cl.Cl.O=C(c1ccc[nH]c1=O)N1CCC(C2CCNCC2)CC1. The number of rotatable bonds is 2. The van der Waals surface area contributed by atoms with Crippen molar-refractivity contribution in [3.05, 3.63) is 34.2 Å². The lowest BCUT2D eigenvalue weighted by Gasteiger charge is -2.37. The Morgan fingerprint density at radius 2 is 1.65 bits per heavy atom. The van der Waals surface area contributed by atoms with Gasteiger partial charge in [0.05, 0.1) is 0 Å². The number of pyridine rings is 1. The van der Waals surface area contributed by atoms with E-state index in [1.807, 2.05) is 4.90 Å². The van der Waals surface area contributed by atoms with Gasteiger partial charge < -0.3 is 15.2 Å². The standard InChI is InChI=1S/C16H23N3O2.2ClH/c20-15-14(2-1-7-18-15)16(21)19-10-5-13(6-11-19)12-3-8-17-9-4-12;;/h1-2,7,12-13,17H,3-6,8-11H2,(H,18,20);2*1H. The largest absolute Gasteiger partial charge is 0.338 e. The van der Waals surface area contributed by atoms with Gasteiger partial charge in [0.1, 0.15) is 5.56 Å². The fraction of sp³-hybridized carbons (Fsp3) is 0.625. The van der Waals surface area contributed by atoms with Crippen molar-refractivity contribution in [3.8, 4) is 0 Å². The first-order chi connectivity index (χ1) is 10.3. The number of carbonyl (C=O) groups is 1. The minimum Gasteiger partial charge on any atom is -0.338 e. The van der Waals surface area contributed by atoms with Gasteiger partial charge in [-0.15, -0.1) is 24.8 Å². The van der Waals surface area contributed by atoms with Gasteiger partial charge in [-0.1, -0.05) is 0 Å². The molecule has 1 aromatic heterocycles. The number of hydrogen-bond acceptors (Lipinski definition) is 3. The van der Waals surface area contributed by atoms with E-state index in [9.17, 15) is 9.59 Å². The Morgan fingerprint density at radius 1 is 1.04 bits per heavy atom. The van der Waals surface area contributed by atoms with Crippen LogP contribution >= 0.6 is 24.8 Å². The molecule has 0 spiro atoms. The van der Waals surface area contributed by atoms with Gasteiger partial charge in [-0.05, 0) is 62.7 Å². The fourth-order valence-electron chi connectivity index (χ4n) is 3.65. The van der Waals surface area contributed by atoms with Gasteiger partial charge in [0.25, 0.3) is 11.5 Å². The number of likely N-dealkylation sites (tertiary alicyclic amines) is 1. The summed E-state index contributed by atoms with van der Waals surface area (Å²) >= 11 is 0. The van der Waals surface area contributed by atoms with E-state index in [-0.39, 0.29) is 41.8 Å². The zero-order valence-corrected chi connectivity index (χ0v) is 14.8. The van der Waals surface area contributed by atoms with Gasteiger partial charge in [-0.3, -0.25) is 9.59 Å². The van der Waals surface area contributed by atoms with Crippen LogP contribution in [0.2, 0.25) is 0 Å². The quantitative estimate of drug-likeness (QED) is 0.847. The molecule has 0 atom stereocenters. The Balaban J connectivity index is 0.00000132. The van der Waals surface area contributed by atoms with Crippen molar-refractivity contribution >= 4 is 30.7 Å². The molecule has 2 aliphatic rings. The van der Waals surface area contributed by atoms with E-state index in [0.717, 1.165) is 50.9 Å². The molecule has 0 aromatic carbocycles. The van der Waals surface area contributed by atoms with E-state index in [1.54, 1.807) is 18.3 Å². The summed E-state index contributed by atoms with van der Waals surface area (Å²) in [4.78, 5) is 28.5. The monoisotopic (exact) mass is 361 g/mol. The topological polar surface area (TPSA) is 65.2 Å². The molecule has 0 radical (unpaired) electrons. The molecule has 2 N–H and O–H groups in total. The summed E-state index contributed by atoms with van der Waals surface area (Å²) in [6, 6.07) is 3.32. The second-order valence-electron chi connectivity index (χ2n) is 6.13. The normalized spacial score (nSPS) is 19.6. The third-order valence-electron chi connectivity index (χ3n) is 4.93. The molecule has 1 amide bonds. The van der Waals surface area contributed by atoms with E-state index in [1.165, 1.54) is 12.8 Å². The molecule has 1 aromatic rings. The highest BCUT2D eigenvalue weighted by molar-refractivity contribution is 5.93. The predicted octanol–water partition coefficient (Wildman–Crippen LogP) is 2.07. The molecule has 23 heavy (non-hydrogen) atoms. The average Bonchev–Trinajstić information content (AvgIpc) is 2.56. The molecule has 0 unspecified atom stereocenters. The molecule has 5 nitrogen and oxygen atoms in total. The Bertz CT molecular complexity index is 550. The molecule has 7 heteroatoms. The van der Waals surface area contributed by atoms with Crippen LogP contribution in [0.15, 0.2) is 23.1 Å². The highest BCUT2D eigenvalue weighted by Crippen LogP contribution is 2.30. The summed E-state index contributed by atoms with van der Waals surface area (Å²) in [7, 11) is 0. The lowest BCUT2D eigenvalue weighted by Crippen LogP contribution is -2.43. The van der Waals surface area contributed by atoms with Gasteiger partial charge in [0, 0.05) is 19.3 Å². The molecule has 2 saturated heterocycles. The third kappa shape index (κ3) is 4.72. The number of carbonyl (C=O) groups excluding carboxylic acids is 1. The van der Waals surface area contributed by atoms with Gasteiger partial charge in [0.2, 0.25) is 0 Å². The van der Waals surface area contributed by atoms with E-state index in [0.29, 0.717) is 0 Å². The molecule has 2 fully saturated rings. The maximum Gasteiger partial charge on any atom is 0.260 e. The van der Waals surface area contributed by atoms with E-state index in [2.05, 4.69) is 10.3 Å². The molecule has 3 rings (SSSR count). The lowest BCUT2D eigenvalue weighted by atomic mass is 9.79. The predicted molar refractivity (Wildman–Crippen MR) is 95.8 cm³/mol. The minimum absolute atomic E-state index is 0. The van der Waals surface area contributed by atoms with Crippen LogP contribution in [0.3, 0.4) is 0 Å². The Kier molecular flexibility index (Phi) is 8.09. The average molecular weight is 362 g/mol. The van der Waals surface area contributed by atoms with Crippen LogP contribution in [0.1, 0.15) is 36.0 Å². The number of aromatic amines is 1. The zero-order chi connectivity index (χ0) is 14.7. The van der Waals surface area contributed by atoms with Crippen molar-refractivity contribution in [3.63, 3.8) is 0 Å². The van der Waals surface area contributed by atoms with E-state index >= 15 is 0 Å². The van der Waals surface area contributed by atoms with Crippen molar-refractivity contribution < 1.29 is 4.79 Å². The highest BCUT2D eigenvalue weighted by Gasteiger charge is 2.30. The number of hydrogen-bond donors (Lipinski definition) is 2. The maximum atomic E-state index is 12.4. The third-order valence-corrected chi connectivity index (χ3v) is 4.93. The van der Waals surface area contributed by atoms with Crippen molar-refractivity contribution in [2.75, 3.05) is 26.2 Å². The first-order valence-corrected chi connectivity index (χ1v) is 7.93. The summed E-state index contributed by atoms with van der Waals surface area (Å²) in [5.74, 6) is 1.43. The Morgan fingerprint density at radius 3 is 2.26 bits per heavy atom. The van der Waals surface area contributed by atoms with Crippen molar-refractivity contribution in [2.24, 2.45) is 11.8 Å². The first-order valence-electron chi connectivity index (χ1n) is 7.93. The van der Waals surface area contributed by atoms with Crippen LogP contribution in [-0.4, -0.2) is 42.0 Å². The Hall–Kier alpha value is -1.04. The fourth-order valence-corrected chi connectivity index (χ4v) is 3.65. The second kappa shape index (κ2) is 9.30. The molecule has 0 bridgehead atoms. The van der Waals surface area contributed by atoms with Gasteiger partial charge in [-0.2, -0.15) is 0 Å². The molecule has 130 valence electrons. The zero-order valence-electron chi connectivity index (χ0n) is 13.1. The number of aromatic nitrogens is 1. The van der Waals surface area contributed by atoms with Crippen molar-refractivity contribution in [1.29, 1.82) is 0 Å². The number of H-pyrrole nitrogens is 1. The summed E-state index contributed by atoms with van der Waals surface area (Å²) < 4.78 is 0. The number of nitrogens with one attached hydrogen (secondary N) is 2. The number of nitrogens with zero attached hydrogens (tertiary/aromatic N) is 1. The van der Waals surface area contributed by atoms with Crippen LogP contribution in [0.4, 0.5) is 0 Å². The van der Waals surface area contributed by atoms with Gasteiger partial charge >= 0.3 is 0 Å². The van der Waals surface area contributed by atoms with Crippen LogP contribution < -0.4 is 10.9 Å². The van der Waals surface area contributed by atoms with Crippen LogP contribution in [0, 0.1) is 11.8 Å². The maximum absolute atomic E-state index is 12.4. The van der Waals surface area contributed by atoms with Gasteiger partial charge in [0.15, 0.2) is 0 Å². The first kappa shape index (κ1) is 20.0. The summed E-state index contributed by atoms with van der Waals surface area (Å²) in [6.07, 6.45) is 6.22. The van der Waals surface area contributed by atoms with E-state index < -0.39 is 0 Å². The number of piperidine rings is 2. The summed E-state index contributed by atoms with van der Waals surface area (Å²) in [6.45, 7) is 3.82. The smallest absolute Gasteiger partial charge is 0.260 e. The molecule has 0 saturated carbocycles. The lowest BCUT2D eigenvalue weighted by molar-refractivity contribution is 0.0640. The molecular weight excluding hydrogens is 337 g/mol. The summed E-state index contributed by atoms with van der Waals surface area (Å²) in [5, 5.41) is 3.41. The van der Waals surface area contributed by atoms with E-state index in [4.69, 9.17) is 0 Å². The van der Waals surface area contributed by atoms with Crippen molar-refractivity contribution in [2.45, 2.75) is 25.7 Å². The van der Waals surface area contributed by atoms with Crippen molar-refractivity contribution in [1.82, 2.24) is 15.2 Å². The summed E-state index contributed by atoms with van der Waals surface area (Å²) in [5.41, 5.74) is -0.0270. The van der Waals surface area contributed by atoms with Crippen LogP contribution in [-0.2, 0) is 0 Å². The molecule has 2 aliphatic heterocycles. The van der Waals surface area contributed by atoms with Crippen LogP contribution in [0.5, 0.6) is 0 Å². The highest BCUT2D eigenvalue weighted by atomic mass is 35.5. The minimum atomic E-state index is -0.289. The molecule has 3 heterocycles. The number of halogens is 2.